The molecule has 1 aliphatic heterocycles. The van der Waals surface area contributed by atoms with Crippen LogP contribution in [0.2, 0.25) is 0 Å². The van der Waals surface area contributed by atoms with Gasteiger partial charge in [-0.05, 0) is 57.8 Å². The van der Waals surface area contributed by atoms with Crippen molar-refractivity contribution < 1.29 is 39.8 Å². The Hall–Kier alpha value is -1.59. The third-order valence-corrected chi connectivity index (χ3v) is 15.9. The summed E-state index contributed by atoms with van der Waals surface area (Å²) in [7, 11) is 0. The van der Waals surface area contributed by atoms with E-state index in [1.807, 2.05) is 6.08 Å². The highest BCUT2D eigenvalue weighted by atomic mass is 16.7. The van der Waals surface area contributed by atoms with Crippen molar-refractivity contribution in [3.8, 4) is 0 Å². The Labute approximate surface area is 470 Å². The van der Waals surface area contributed by atoms with Crippen molar-refractivity contribution in [2.24, 2.45) is 0 Å². The molecule has 1 rings (SSSR count). The van der Waals surface area contributed by atoms with Gasteiger partial charge in [-0.15, -0.1) is 0 Å². The van der Waals surface area contributed by atoms with E-state index in [0.29, 0.717) is 6.42 Å². The highest BCUT2D eigenvalue weighted by Crippen LogP contribution is 2.23. The van der Waals surface area contributed by atoms with Crippen LogP contribution in [0, 0.1) is 0 Å². The van der Waals surface area contributed by atoms with Crippen LogP contribution < -0.4 is 5.32 Å². The van der Waals surface area contributed by atoms with Crippen LogP contribution in [0.4, 0.5) is 0 Å². The van der Waals surface area contributed by atoms with Crippen molar-refractivity contribution in [2.45, 2.75) is 371 Å². The van der Waals surface area contributed by atoms with Crippen LogP contribution in [0.15, 0.2) is 36.5 Å². The lowest BCUT2D eigenvalue weighted by Crippen LogP contribution is -2.60. The number of amides is 1. The SMILES string of the molecule is CCCCCCCCCCCCCC/C=C\CCCCCCCCCCCCCCCCCCCC(=O)NC(COC1OC(CO)C(O)C(O)C1O)C(O)/C=C/CC/C=C/CCCCCCCCCCCCCCCC. The second-order valence-electron chi connectivity index (χ2n) is 23.3. The lowest BCUT2D eigenvalue weighted by Gasteiger charge is -2.40. The number of hydrogen-bond acceptors (Lipinski definition) is 8. The molecule has 0 aromatic rings. The van der Waals surface area contributed by atoms with E-state index in [9.17, 15) is 30.3 Å². The van der Waals surface area contributed by atoms with Crippen LogP contribution >= 0.6 is 0 Å². The van der Waals surface area contributed by atoms with Gasteiger partial charge in [0.2, 0.25) is 5.91 Å². The van der Waals surface area contributed by atoms with Crippen molar-refractivity contribution >= 4 is 5.91 Å². The fraction of sp³-hybridized carbons (Fsp3) is 0.896. The van der Waals surface area contributed by atoms with E-state index < -0.39 is 49.5 Å². The Morgan fingerprint density at radius 3 is 1.11 bits per heavy atom. The Balaban J connectivity index is 2.13. The Morgan fingerprint density at radius 2 is 0.750 bits per heavy atom. The zero-order chi connectivity index (χ0) is 55.0. The molecule has 6 N–H and O–H groups in total. The minimum Gasteiger partial charge on any atom is -0.394 e. The van der Waals surface area contributed by atoms with Crippen LogP contribution in [0.3, 0.4) is 0 Å². The normalized spacial score (nSPS) is 19.0. The molecule has 1 fully saturated rings. The predicted molar refractivity (Wildman–Crippen MR) is 323 cm³/mol. The minimum absolute atomic E-state index is 0.181. The van der Waals surface area contributed by atoms with Crippen molar-refractivity contribution in [3.05, 3.63) is 36.5 Å². The molecule has 0 aromatic carbocycles. The van der Waals surface area contributed by atoms with Gasteiger partial charge in [0.15, 0.2) is 6.29 Å². The summed E-state index contributed by atoms with van der Waals surface area (Å²) in [6.45, 7) is 3.81. The van der Waals surface area contributed by atoms with Crippen molar-refractivity contribution in [1.82, 2.24) is 5.32 Å². The molecule has 1 heterocycles. The second-order valence-corrected chi connectivity index (χ2v) is 23.3. The zero-order valence-electron chi connectivity index (χ0n) is 50.0. The van der Waals surface area contributed by atoms with Gasteiger partial charge in [-0.1, -0.05) is 301 Å². The summed E-state index contributed by atoms with van der Waals surface area (Å²) < 4.78 is 11.3. The highest BCUT2D eigenvalue weighted by Gasteiger charge is 2.44. The summed E-state index contributed by atoms with van der Waals surface area (Å²) in [4.78, 5) is 13.1. The van der Waals surface area contributed by atoms with Crippen LogP contribution in [-0.2, 0) is 14.3 Å². The molecule has 7 unspecified atom stereocenters. The maximum Gasteiger partial charge on any atom is 0.220 e. The summed E-state index contributed by atoms with van der Waals surface area (Å²) >= 11 is 0. The van der Waals surface area contributed by atoms with E-state index in [1.165, 1.54) is 270 Å². The minimum atomic E-state index is -1.57. The molecule has 0 spiro atoms. The average Bonchev–Trinajstić information content (AvgIpc) is 3.42. The first-order valence-electron chi connectivity index (χ1n) is 33.2. The summed E-state index contributed by atoms with van der Waals surface area (Å²) in [6, 6.07) is -0.821. The number of aliphatic hydroxyl groups is 5. The number of carbonyl (C=O) groups is 1. The van der Waals surface area contributed by atoms with Gasteiger partial charge in [-0.25, -0.2) is 0 Å². The maximum atomic E-state index is 13.1. The van der Waals surface area contributed by atoms with E-state index in [-0.39, 0.29) is 12.5 Å². The number of rotatable bonds is 58. The first kappa shape index (κ1) is 72.4. The van der Waals surface area contributed by atoms with E-state index in [2.05, 4.69) is 43.5 Å². The van der Waals surface area contributed by atoms with Crippen LogP contribution in [0.5, 0.6) is 0 Å². The van der Waals surface area contributed by atoms with E-state index >= 15 is 0 Å². The second kappa shape index (κ2) is 56.7. The Kier molecular flexibility index (Phi) is 54.0. The molecular weight excluding hydrogens is 947 g/mol. The third-order valence-electron chi connectivity index (χ3n) is 15.9. The smallest absolute Gasteiger partial charge is 0.220 e. The van der Waals surface area contributed by atoms with E-state index in [0.717, 1.165) is 38.5 Å². The standard InChI is InChI=1S/C67H127NO8/c1-3-5-7-9-11-13-15-17-19-21-23-25-26-27-28-29-30-31-32-33-34-35-36-37-39-41-43-45-47-49-51-53-55-57-63(71)68-60(59-75-67-66(74)65(73)64(72)62(58-69)76-67)61(70)56-54-52-50-48-46-44-42-40-38-24-22-20-18-16-14-12-10-8-6-4-2/h27-28,46,48,54,56,60-62,64-67,69-70,72-74H,3-26,29-45,47,49-53,55,57-59H2,1-2H3,(H,68,71)/b28-27-,48-46+,56-54+. The maximum absolute atomic E-state index is 13.1. The molecule has 1 aliphatic rings. The van der Waals surface area contributed by atoms with Crippen LogP contribution in [-0.4, -0.2) is 87.5 Å². The topological polar surface area (TPSA) is 149 Å². The van der Waals surface area contributed by atoms with Gasteiger partial charge in [0, 0.05) is 6.42 Å². The third kappa shape index (κ3) is 45.2. The molecule has 1 saturated heterocycles. The molecule has 9 heteroatoms. The molecule has 0 saturated carbocycles. The summed E-state index contributed by atoms with van der Waals surface area (Å²) in [5, 5.41) is 54.6. The molecule has 0 aromatic heterocycles. The first-order valence-corrected chi connectivity index (χ1v) is 33.2. The molecule has 76 heavy (non-hydrogen) atoms. The number of unbranched alkanes of at least 4 members (excludes halogenated alkanes) is 44. The number of carbonyl (C=O) groups excluding carboxylic acids is 1. The van der Waals surface area contributed by atoms with Gasteiger partial charge in [0.1, 0.15) is 24.4 Å². The van der Waals surface area contributed by atoms with Gasteiger partial charge in [-0.3, -0.25) is 4.79 Å². The van der Waals surface area contributed by atoms with Crippen molar-refractivity contribution in [2.75, 3.05) is 13.2 Å². The largest absolute Gasteiger partial charge is 0.394 e. The molecule has 448 valence electrons. The first-order chi connectivity index (χ1) is 37.3. The molecule has 0 aliphatic carbocycles. The van der Waals surface area contributed by atoms with Gasteiger partial charge < -0.3 is 40.3 Å². The van der Waals surface area contributed by atoms with E-state index in [1.54, 1.807) is 6.08 Å². The van der Waals surface area contributed by atoms with Crippen LogP contribution in [0.1, 0.15) is 328 Å². The number of hydrogen-bond donors (Lipinski definition) is 6. The van der Waals surface area contributed by atoms with Crippen molar-refractivity contribution in [1.29, 1.82) is 0 Å². The number of aliphatic hydroxyl groups excluding tert-OH is 5. The van der Waals surface area contributed by atoms with Crippen molar-refractivity contribution in [3.63, 3.8) is 0 Å². The van der Waals surface area contributed by atoms with E-state index in [4.69, 9.17) is 9.47 Å². The average molecular weight is 1070 g/mol. The number of nitrogens with one attached hydrogen (secondary N) is 1. The monoisotopic (exact) mass is 1070 g/mol. The Morgan fingerprint density at radius 1 is 0.434 bits per heavy atom. The van der Waals surface area contributed by atoms with Gasteiger partial charge in [-0.2, -0.15) is 0 Å². The molecule has 1 amide bonds. The summed E-state index contributed by atoms with van der Waals surface area (Å²) in [5.41, 5.74) is 0. The lowest BCUT2D eigenvalue weighted by atomic mass is 9.99. The molecule has 7 atom stereocenters. The fourth-order valence-corrected chi connectivity index (χ4v) is 10.7. The number of ether oxygens (including phenoxy) is 2. The fourth-order valence-electron chi connectivity index (χ4n) is 10.7. The van der Waals surface area contributed by atoms with Crippen LogP contribution in [0.25, 0.3) is 0 Å². The number of allylic oxidation sites excluding steroid dienone is 5. The molecule has 9 nitrogen and oxygen atoms in total. The quantitative estimate of drug-likeness (QED) is 0.0261. The lowest BCUT2D eigenvalue weighted by molar-refractivity contribution is -0.302. The predicted octanol–water partition coefficient (Wildman–Crippen LogP) is 17.5. The van der Waals surface area contributed by atoms with Gasteiger partial charge in [0.25, 0.3) is 0 Å². The molecule has 0 bridgehead atoms. The molecular formula is C67H127NO8. The zero-order valence-corrected chi connectivity index (χ0v) is 50.0. The molecule has 0 radical (unpaired) electrons. The highest BCUT2D eigenvalue weighted by molar-refractivity contribution is 5.76. The summed E-state index contributed by atoms with van der Waals surface area (Å²) in [5.74, 6) is -0.181. The summed E-state index contributed by atoms with van der Waals surface area (Å²) in [6.07, 6.45) is 68.2. The Bertz CT molecular complexity index is 1290. The van der Waals surface area contributed by atoms with Gasteiger partial charge >= 0.3 is 0 Å². The van der Waals surface area contributed by atoms with Gasteiger partial charge in [0.05, 0.1) is 25.4 Å².